The Balaban J connectivity index is 1.53. The zero-order chi connectivity index (χ0) is 21.7. The number of benzene rings is 2. The molecule has 1 saturated heterocycles. The molecule has 30 heavy (non-hydrogen) atoms. The molecule has 0 aliphatic carbocycles. The van der Waals surface area contributed by atoms with E-state index in [4.69, 9.17) is 9.47 Å². The van der Waals surface area contributed by atoms with Crippen molar-refractivity contribution in [1.29, 1.82) is 0 Å². The van der Waals surface area contributed by atoms with E-state index in [1.165, 1.54) is 16.8 Å². The quantitative estimate of drug-likeness (QED) is 0.759. The number of anilines is 1. The Labute approximate surface area is 179 Å². The highest BCUT2D eigenvalue weighted by atomic mass is 16.5. The van der Waals surface area contributed by atoms with Crippen LogP contribution >= 0.6 is 0 Å². The molecule has 1 heterocycles. The molecule has 1 fully saturated rings. The molecule has 1 amide bonds. The molecule has 2 aromatic carbocycles. The van der Waals surface area contributed by atoms with Crippen LogP contribution in [0.5, 0.6) is 11.5 Å². The first-order valence-electron chi connectivity index (χ1n) is 10.5. The van der Waals surface area contributed by atoms with Crippen molar-refractivity contribution in [2.24, 2.45) is 0 Å². The van der Waals surface area contributed by atoms with E-state index in [2.05, 4.69) is 47.2 Å². The van der Waals surface area contributed by atoms with E-state index in [0.29, 0.717) is 18.0 Å². The van der Waals surface area contributed by atoms with Crippen molar-refractivity contribution in [2.75, 3.05) is 45.3 Å². The van der Waals surface area contributed by atoms with Crippen LogP contribution < -0.4 is 19.7 Å². The van der Waals surface area contributed by atoms with Crippen molar-refractivity contribution < 1.29 is 14.3 Å². The van der Waals surface area contributed by atoms with Gasteiger partial charge in [-0.3, -0.25) is 9.69 Å². The van der Waals surface area contributed by atoms with Crippen LogP contribution in [0.1, 0.15) is 23.6 Å². The Morgan fingerprint density at radius 3 is 2.40 bits per heavy atom. The maximum Gasteiger partial charge on any atom is 0.237 e. The summed E-state index contributed by atoms with van der Waals surface area (Å²) in [5.41, 5.74) is 4.94. The van der Waals surface area contributed by atoms with Crippen LogP contribution in [0, 0.1) is 13.8 Å². The number of rotatable bonds is 7. The second-order valence-corrected chi connectivity index (χ2v) is 7.83. The summed E-state index contributed by atoms with van der Waals surface area (Å²) in [4.78, 5) is 17.4. The summed E-state index contributed by atoms with van der Waals surface area (Å²) in [5, 5.41) is 3.05. The largest absolute Gasteiger partial charge is 0.493 e. The fourth-order valence-electron chi connectivity index (χ4n) is 3.92. The first-order chi connectivity index (χ1) is 14.4. The molecule has 0 saturated carbocycles. The number of nitrogens with zero attached hydrogens (tertiary/aromatic N) is 2. The van der Waals surface area contributed by atoms with Crippen molar-refractivity contribution in [3.05, 3.63) is 53.1 Å². The molecule has 0 aromatic heterocycles. The van der Waals surface area contributed by atoms with Crippen molar-refractivity contribution in [3.8, 4) is 11.5 Å². The third kappa shape index (κ3) is 4.87. The number of piperazine rings is 1. The molecule has 6 heteroatoms. The molecule has 0 spiro atoms. The number of carbonyl (C=O) groups excluding carboxylic acids is 1. The number of hydrogen-bond acceptors (Lipinski definition) is 5. The van der Waals surface area contributed by atoms with Crippen molar-refractivity contribution >= 4 is 11.6 Å². The van der Waals surface area contributed by atoms with Gasteiger partial charge in [-0.05, 0) is 55.7 Å². The first-order valence-corrected chi connectivity index (χ1v) is 10.5. The third-order valence-electron chi connectivity index (χ3n) is 6.07. The van der Waals surface area contributed by atoms with Crippen molar-refractivity contribution in [2.45, 2.75) is 33.4 Å². The minimum Gasteiger partial charge on any atom is -0.493 e. The fourth-order valence-corrected chi connectivity index (χ4v) is 3.92. The Bertz CT molecular complexity index is 876. The average molecular weight is 412 g/mol. The first kappa shape index (κ1) is 22.0. The summed E-state index contributed by atoms with van der Waals surface area (Å²) in [6, 6.07) is 12.0. The Kier molecular flexibility index (Phi) is 7.21. The van der Waals surface area contributed by atoms with E-state index in [1.807, 2.05) is 25.1 Å². The van der Waals surface area contributed by atoms with Crippen LogP contribution in [0.15, 0.2) is 36.4 Å². The van der Waals surface area contributed by atoms with Gasteiger partial charge < -0.3 is 19.7 Å². The lowest BCUT2D eigenvalue weighted by Crippen LogP contribution is -2.54. The maximum absolute atomic E-state index is 12.7. The number of hydrogen-bond donors (Lipinski definition) is 1. The fraction of sp³-hybridized carbons (Fsp3) is 0.458. The highest BCUT2D eigenvalue weighted by Gasteiger charge is 2.26. The third-order valence-corrected chi connectivity index (χ3v) is 6.07. The van der Waals surface area contributed by atoms with Crippen LogP contribution in [0.25, 0.3) is 0 Å². The number of carbonyl (C=O) groups is 1. The Morgan fingerprint density at radius 2 is 1.73 bits per heavy atom. The normalized spacial score (nSPS) is 15.6. The van der Waals surface area contributed by atoms with Crippen molar-refractivity contribution in [3.63, 3.8) is 0 Å². The molecule has 0 unspecified atom stereocenters. The Morgan fingerprint density at radius 1 is 1.03 bits per heavy atom. The second kappa shape index (κ2) is 9.85. The van der Waals surface area contributed by atoms with Gasteiger partial charge in [-0.25, -0.2) is 0 Å². The highest BCUT2D eigenvalue weighted by Crippen LogP contribution is 2.27. The lowest BCUT2D eigenvalue weighted by molar-refractivity contribution is -0.126. The lowest BCUT2D eigenvalue weighted by atomic mass is 10.1. The van der Waals surface area contributed by atoms with Gasteiger partial charge in [-0.15, -0.1) is 0 Å². The van der Waals surface area contributed by atoms with Gasteiger partial charge in [0.25, 0.3) is 0 Å². The summed E-state index contributed by atoms with van der Waals surface area (Å²) < 4.78 is 10.6. The van der Waals surface area contributed by atoms with E-state index in [1.54, 1.807) is 14.2 Å². The van der Waals surface area contributed by atoms with Crippen LogP contribution in [-0.4, -0.2) is 57.2 Å². The van der Waals surface area contributed by atoms with Gasteiger partial charge in [0, 0.05) is 38.4 Å². The molecule has 6 nitrogen and oxygen atoms in total. The summed E-state index contributed by atoms with van der Waals surface area (Å²) >= 11 is 0. The van der Waals surface area contributed by atoms with E-state index in [9.17, 15) is 4.79 Å². The molecular formula is C24H33N3O3. The maximum atomic E-state index is 12.7. The average Bonchev–Trinajstić information content (AvgIpc) is 2.78. The van der Waals surface area contributed by atoms with E-state index in [0.717, 1.165) is 31.7 Å². The van der Waals surface area contributed by atoms with E-state index < -0.39 is 0 Å². The summed E-state index contributed by atoms with van der Waals surface area (Å²) in [7, 11) is 3.22. The molecule has 162 valence electrons. The van der Waals surface area contributed by atoms with Gasteiger partial charge >= 0.3 is 0 Å². The predicted octanol–water partition coefficient (Wildman–Crippen LogP) is 3.15. The molecular weight excluding hydrogens is 378 g/mol. The minimum absolute atomic E-state index is 0.0463. The molecule has 1 aliphatic rings. The summed E-state index contributed by atoms with van der Waals surface area (Å²) in [5.74, 6) is 1.40. The lowest BCUT2D eigenvalue weighted by Gasteiger charge is -2.39. The topological polar surface area (TPSA) is 54.0 Å². The molecule has 0 radical (unpaired) electrons. The van der Waals surface area contributed by atoms with Crippen LogP contribution in [0.4, 0.5) is 5.69 Å². The molecule has 1 N–H and O–H groups in total. The van der Waals surface area contributed by atoms with Crippen LogP contribution in [0.3, 0.4) is 0 Å². The van der Waals surface area contributed by atoms with E-state index >= 15 is 0 Å². The van der Waals surface area contributed by atoms with Gasteiger partial charge in [-0.1, -0.05) is 18.2 Å². The van der Waals surface area contributed by atoms with Gasteiger partial charge in [0.05, 0.1) is 20.3 Å². The molecule has 1 atom stereocenters. The number of methoxy groups -OCH3 is 2. The highest BCUT2D eigenvalue weighted by molar-refractivity contribution is 5.81. The molecule has 0 bridgehead atoms. The van der Waals surface area contributed by atoms with Crippen LogP contribution in [-0.2, 0) is 11.3 Å². The second-order valence-electron chi connectivity index (χ2n) is 7.83. The number of aryl methyl sites for hydroxylation is 1. The molecule has 1 aliphatic heterocycles. The smallest absolute Gasteiger partial charge is 0.237 e. The predicted molar refractivity (Wildman–Crippen MR) is 121 cm³/mol. The minimum atomic E-state index is -0.161. The number of amides is 1. The van der Waals surface area contributed by atoms with Gasteiger partial charge in [0.15, 0.2) is 11.5 Å². The zero-order valence-electron chi connectivity index (χ0n) is 18.7. The summed E-state index contributed by atoms with van der Waals surface area (Å²) in [6.45, 7) is 10.4. The molecule has 3 rings (SSSR count). The SMILES string of the molecule is COc1ccc(CNC(=O)[C@@H](C)N2CCN(c3cccc(C)c3C)CC2)cc1OC. The van der Waals surface area contributed by atoms with Crippen LogP contribution in [0.2, 0.25) is 0 Å². The van der Waals surface area contributed by atoms with Gasteiger partial charge in [0.2, 0.25) is 5.91 Å². The van der Waals surface area contributed by atoms with Gasteiger partial charge in [-0.2, -0.15) is 0 Å². The number of ether oxygens (including phenoxy) is 2. The van der Waals surface area contributed by atoms with E-state index in [-0.39, 0.29) is 11.9 Å². The number of nitrogens with one attached hydrogen (secondary N) is 1. The standard InChI is InChI=1S/C24H33N3O3/c1-17-7-6-8-21(18(17)2)27-13-11-26(12-14-27)19(3)24(28)25-16-20-9-10-22(29-4)23(15-20)30-5/h6-10,15,19H,11-14,16H2,1-5H3,(H,25,28)/t19-/m1/s1. The zero-order valence-corrected chi connectivity index (χ0v) is 18.7. The van der Waals surface area contributed by atoms with Crippen molar-refractivity contribution in [1.82, 2.24) is 10.2 Å². The summed E-state index contributed by atoms with van der Waals surface area (Å²) in [6.07, 6.45) is 0. The Hall–Kier alpha value is -2.73. The monoisotopic (exact) mass is 411 g/mol. The molecule has 2 aromatic rings. The van der Waals surface area contributed by atoms with Gasteiger partial charge in [0.1, 0.15) is 0 Å².